The minimum absolute atomic E-state index is 0.168. The van der Waals surface area contributed by atoms with Gasteiger partial charge < -0.3 is 14.8 Å². The lowest BCUT2D eigenvalue weighted by molar-refractivity contribution is -0.115. The van der Waals surface area contributed by atoms with Crippen molar-refractivity contribution < 1.29 is 14.3 Å². The largest absolute Gasteiger partial charge is 0.479 e. The van der Waals surface area contributed by atoms with Gasteiger partial charge in [-0.1, -0.05) is 42.5 Å². The van der Waals surface area contributed by atoms with Gasteiger partial charge >= 0.3 is 6.01 Å². The molecule has 1 heterocycles. The Morgan fingerprint density at radius 2 is 1.88 bits per heavy atom. The van der Waals surface area contributed by atoms with Crippen LogP contribution in [-0.2, 0) is 11.2 Å². The maximum absolute atomic E-state index is 12.4. The molecule has 122 valence electrons. The van der Waals surface area contributed by atoms with Gasteiger partial charge in [-0.3, -0.25) is 4.79 Å². The van der Waals surface area contributed by atoms with Crippen molar-refractivity contribution in [2.24, 2.45) is 0 Å². The van der Waals surface area contributed by atoms with Crippen LogP contribution in [0.4, 0.5) is 5.69 Å². The molecule has 0 aliphatic heterocycles. The summed E-state index contributed by atoms with van der Waals surface area (Å²) in [4.78, 5) is 20.4. The third-order valence-electron chi connectivity index (χ3n) is 3.61. The van der Waals surface area contributed by atoms with Gasteiger partial charge in [0, 0.05) is 0 Å². The van der Waals surface area contributed by atoms with Gasteiger partial charge in [0.1, 0.15) is 5.69 Å². The van der Waals surface area contributed by atoms with Crippen molar-refractivity contribution in [1.29, 1.82) is 0 Å². The number of aromatic nitrogens is 2. The third kappa shape index (κ3) is 3.27. The van der Waals surface area contributed by atoms with E-state index in [0.717, 1.165) is 16.3 Å². The average Bonchev–Trinajstić information content (AvgIpc) is 2.62. The van der Waals surface area contributed by atoms with Gasteiger partial charge in [-0.15, -0.1) is 0 Å². The number of nitrogens with zero attached hydrogens (tertiary/aromatic N) is 2. The second-order valence-electron chi connectivity index (χ2n) is 5.14. The van der Waals surface area contributed by atoms with Crippen LogP contribution in [0.15, 0.2) is 48.7 Å². The number of rotatable bonds is 5. The van der Waals surface area contributed by atoms with E-state index in [1.54, 1.807) is 0 Å². The van der Waals surface area contributed by atoms with Gasteiger partial charge in [0.05, 0.1) is 26.8 Å². The third-order valence-corrected chi connectivity index (χ3v) is 3.61. The maximum Gasteiger partial charge on any atom is 0.319 e. The highest BCUT2D eigenvalue weighted by Crippen LogP contribution is 2.23. The van der Waals surface area contributed by atoms with Crippen LogP contribution in [0.5, 0.6) is 11.9 Å². The Morgan fingerprint density at radius 3 is 2.67 bits per heavy atom. The topological polar surface area (TPSA) is 73.3 Å². The highest BCUT2D eigenvalue weighted by atomic mass is 16.5. The minimum Gasteiger partial charge on any atom is -0.479 e. The first kappa shape index (κ1) is 15.7. The fourth-order valence-electron chi connectivity index (χ4n) is 2.50. The lowest BCUT2D eigenvalue weighted by Crippen LogP contribution is -2.16. The Balaban J connectivity index is 1.80. The fourth-order valence-corrected chi connectivity index (χ4v) is 2.50. The lowest BCUT2D eigenvalue weighted by Gasteiger charge is -2.10. The number of carbonyl (C=O) groups is 1. The molecular weight excluding hydrogens is 306 g/mol. The van der Waals surface area contributed by atoms with E-state index in [2.05, 4.69) is 15.3 Å². The maximum atomic E-state index is 12.4. The second-order valence-corrected chi connectivity index (χ2v) is 5.14. The molecule has 0 bridgehead atoms. The van der Waals surface area contributed by atoms with Crippen LogP contribution in [0.1, 0.15) is 5.56 Å². The van der Waals surface area contributed by atoms with E-state index >= 15 is 0 Å². The molecule has 6 heteroatoms. The first-order valence-corrected chi connectivity index (χ1v) is 7.43. The van der Waals surface area contributed by atoms with E-state index < -0.39 is 0 Å². The number of fused-ring (bicyclic) bond motifs is 1. The van der Waals surface area contributed by atoms with Gasteiger partial charge in [0.15, 0.2) is 0 Å². The van der Waals surface area contributed by atoms with Crippen LogP contribution >= 0.6 is 0 Å². The number of ether oxygens (including phenoxy) is 2. The molecule has 2 aromatic carbocycles. The number of carbonyl (C=O) groups excluding carboxylic acids is 1. The van der Waals surface area contributed by atoms with Crippen molar-refractivity contribution in [3.8, 4) is 11.9 Å². The minimum atomic E-state index is -0.168. The van der Waals surface area contributed by atoms with Gasteiger partial charge in [-0.2, -0.15) is 4.98 Å². The van der Waals surface area contributed by atoms with Gasteiger partial charge in [0.2, 0.25) is 11.8 Å². The first-order valence-electron chi connectivity index (χ1n) is 7.43. The number of nitrogens with one attached hydrogen (secondary N) is 1. The van der Waals surface area contributed by atoms with E-state index in [1.165, 1.54) is 20.4 Å². The van der Waals surface area contributed by atoms with Crippen molar-refractivity contribution in [3.05, 3.63) is 54.2 Å². The average molecular weight is 323 g/mol. The van der Waals surface area contributed by atoms with E-state index in [9.17, 15) is 4.79 Å². The Hall–Kier alpha value is -3.15. The lowest BCUT2D eigenvalue weighted by atomic mass is 10.0. The van der Waals surface area contributed by atoms with E-state index in [-0.39, 0.29) is 24.2 Å². The van der Waals surface area contributed by atoms with Crippen molar-refractivity contribution in [3.63, 3.8) is 0 Å². The van der Waals surface area contributed by atoms with Crippen LogP contribution < -0.4 is 14.8 Å². The quantitative estimate of drug-likeness (QED) is 0.781. The summed E-state index contributed by atoms with van der Waals surface area (Å²) < 4.78 is 10.1. The van der Waals surface area contributed by atoms with Crippen molar-refractivity contribution >= 4 is 22.4 Å². The summed E-state index contributed by atoms with van der Waals surface area (Å²) in [5.74, 6) is 0.0894. The molecule has 0 unspecified atom stereocenters. The molecule has 1 aromatic heterocycles. The number of methoxy groups -OCH3 is 2. The highest BCUT2D eigenvalue weighted by Gasteiger charge is 2.13. The van der Waals surface area contributed by atoms with E-state index in [0.29, 0.717) is 5.69 Å². The molecule has 0 saturated heterocycles. The summed E-state index contributed by atoms with van der Waals surface area (Å²) in [7, 11) is 2.94. The molecular formula is C18H17N3O3. The zero-order chi connectivity index (χ0) is 16.9. The Kier molecular flexibility index (Phi) is 4.56. The standard InChI is InChI=1S/C18H17N3O3/c1-23-17-15(11-19-18(21-17)24-2)20-16(22)10-13-8-5-7-12-6-3-4-9-14(12)13/h3-9,11H,10H2,1-2H3,(H,20,22). The van der Waals surface area contributed by atoms with Crippen LogP contribution in [0.3, 0.4) is 0 Å². The molecule has 0 spiro atoms. The predicted molar refractivity (Wildman–Crippen MR) is 91.4 cm³/mol. The Morgan fingerprint density at radius 1 is 1.08 bits per heavy atom. The van der Waals surface area contributed by atoms with Gasteiger partial charge in [0.25, 0.3) is 0 Å². The summed E-state index contributed by atoms with van der Waals surface area (Å²) >= 11 is 0. The first-order chi connectivity index (χ1) is 11.7. The predicted octanol–water partition coefficient (Wildman–Crippen LogP) is 2.83. The van der Waals surface area contributed by atoms with Crippen molar-refractivity contribution in [2.45, 2.75) is 6.42 Å². The van der Waals surface area contributed by atoms with E-state index in [4.69, 9.17) is 9.47 Å². The SMILES string of the molecule is COc1ncc(NC(=O)Cc2cccc3ccccc23)c(OC)n1. The summed E-state index contributed by atoms with van der Waals surface area (Å²) in [5.41, 5.74) is 1.36. The molecule has 0 radical (unpaired) electrons. The summed E-state index contributed by atoms with van der Waals surface area (Å²) in [6.45, 7) is 0. The smallest absolute Gasteiger partial charge is 0.319 e. The molecule has 3 aromatic rings. The number of hydrogen-bond donors (Lipinski definition) is 1. The normalized spacial score (nSPS) is 10.4. The zero-order valence-corrected chi connectivity index (χ0v) is 13.4. The molecule has 0 fully saturated rings. The van der Waals surface area contributed by atoms with Gasteiger partial charge in [-0.05, 0) is 16.3 Å². The molecule has 3 rings (SSSR count). The van der Waals surface area contributed by atoms with Crippen molar-refractivity contribution in [1.82, 2.24) is 9.97 Å². The second kappa shape index (κ2) is 6.95. The summed E-state index contributed by atoms with van der Waals surface area (Å²) in [6.07, 6.45) is 1.71. The Bertz CT molecular complexity index is 875. The molecule has 24 heavy (non-hydrogen) atoms. The number of hydrogen-bond acceptors (Lipinski definition) is 5. The van der Waals surface area contributed by atoms with Crippen LogP contribution in [0.2, 0.25) is 0 Å². The fraction of sp³-hybridized carbons (Fsp3) is 0.167. The number of benzene rings is 2. The van der Waals surface area contributed by atoms with Gasteiger partial charge in [-0.25, -0.2) is 4.98 Å². The van der Waals surface area contributed by atoms with Crippen LogP contribution in [0.25, 0.3) is 10.8 Å². The number of anilines is 1. The summed E-state index contributed by atoms with van der Waals surface area (Å²) in [6, 6.07) is 14.1. The summed E-state index contributed by atoms with van der Waals surface area (Å²) in [5, 5.41) is 4.95. The zero-order valence-electron chi connectivity index (χ0n) is 13.4. The van der Waals surface area contributed by atoms with Crippen LogP contribution in [0, 0.1) is 0 Å². The Labute approximate surface area is 139 Å². The van der Waals surface area contributed by atoms with Crippen molar-refractivity contribution in [2.75, 3.05) is 19.5 Å². The monoisotopic (exact) mass is 323 g/mol. The molecule has 1 amide bonds. The van der Waals surface area contributed by atoms with E-state index in [1.807, 2.05) is 42.5 Å². The molecule has 1 N–H and O–H groups in total. The molecule has 6 nitrogen and oxygen atoms in total. The molecule has 0 atom stereocenters. The molecule has 0 aliphatic carbocycles. The molecule has 0 saturated carbocycles. The number of amides is 1. The molecule has 0 aliphatic rings. The van der Waals surface area contributed by atoms with Crippen LogP contribution in [-0.4, -0.2) is 30.1 Å². The highest BCUT2D eigenvalue weighted by molar-refractivity contribution is 5.96.